The highest BCUT2D eigenvalue weighted by atomic mass is 16.5. The molecular formula is C9H17NO. The number of hydrogen-bond donors (Lipinski definition) is 0. The van der Waals surface area contributed by atoms with Gasteiger partial charge in [-0.2, -0.15) is 0 Å². The van der Waals surface area contributed by atoms with Crippen LogP contribution in [0.5, 0.6) is 0 Å². The molecule has 0 bridgehead atoms. The highest BCUT2D eigenvalue weighted by Gasteiger charge is 2.46. The van der Waals surface area contributed by atoms with Crippen LogP contribution < -0.4 is 0 Å². The van der Waals surface area contributed by atoms with E-state index in [1.54, 1.807) is 0 Å². The predicted molar refractivity (Wildman–Crippen MR) is 44.6 cm³/mol. The molecule has 0 aromatic carbocycles. The Kier molecular flexibility index (Phi) is 1.90. The molecule has 1 heterocycles. The van der Waals surface area contributed by atoms with Gasteiger partial charge in [0.2, 0.25) is 0 Å². The minimum Gasteiger partial charge on any atom is -0.375 e. The zero-order valence-corrected chi connectivity index (χ0v) is 7.42. The lowest BCUT2D eigenvalue weighted by atomic mass is 10.2. The Bertz CT molecular complexity index is 146. The van der Waals surface area contributed by atoms with E-state index in [2.05, 4.69) is 18.7 Å². The molecule has 2 nitrogen and oxygen atoms in total. The summed E-state index contributed by atoms with van der Waals surface area (Å²) in [6.45, 7) is 6.68. The molecule has 0 N–H and O–H groups in total. The van der Waals surface area contributed by atoms with E-state index in [0.29, 0.717) is 6.10 Å². The lowest BCUT2D eigenvalue weighted by molar-refractivity contribution is 0.0143. The second kappa shape index (κ2) is 2.76. The van der Waals surface area contributed by atoms with Gasteiger partial charge in [-0.3, -0.25) is 4.90 Å². The predicted octanol–water partition coefficient (Wildman–Crippen LogP) is 1.26. The van der Waals surface area contributed by atoms with Gasteiger partial charge in [0.05, 0.1) is 12.7 Å². The van der Waals surface area contributed by atoms with Gasteiger partial charge in [-0.15, -0.1) is 0 Å². The number of morpholine rings is 1. The Labute approximate surface area is 68.5 Å². The Morgan fingerprint density at radius 1 is 1.64 bits per heavy atom. The monoisotopic (exact) mass is 155 g/mol. The summed E-state index contributed by atoms with van der Waals surface area (Å²) < 4.78 is 5.54. The van der Waals surface area contributed by atoms with Crippen molar-refractivity contribution in [3.05, 3.63) is 0 Å². The van der Waals surface area contributed by atoms with Crippen molar-refractivity contribution in [3.63, 3.8) is 0 Å². The third-order valence-electron chi connectivity index (χ3n) is 2.96. The van der Waals surface area contributed by atoms with Crippen LogP contribution in [0.4, 0.5) is 0 Å². The summed E-state index contributed by atoms with van der Waals surface area (Å²) >= 11 is 0. The molecule has 64 valence electrons. The number of ether oxygens (including phenoxy) is 1. The van der Waals surface area contributed by atoms with Crippen LogP contribution in [0.15, 0.2) is 0 Å². The third-order valence-corrected chi connectivity index (χ3v) is 2.96. The zero-order chi connectivity index (χ0) is 7.84. The molecule has 0 aromatic heterocycles. The molecule has 2 rings (SSSR count). The second-order valence-corrected chi connectivity index (χ2v) is 3.71. The van der Waals surface area contributed by atoms with E-state index in [9.17, 15) is 0 Å². The first-order valence-electron chi connectivity index (χ1n) is 4.70. The van der Waals surface area contributed by atoms with Crippen LogP contribution in [-0.2, 0) is 4.74 Å². The fourth-order valence-corrected chi connectivity index (χ4v) is 1.94. The molecule has 0 aromatic rings. The minimum atomic E-state index is 0.595. The van der Waals surface area contributed by atoms with Crippen LogP contribution in [-0.4, -0.2) is 36.2 Å². The van der Waals surface area contributed by atoms with Crippen LogP contribution in [0.2, 0.25) is 0 Å². The fourth-order valence-electron chi connectivity index (χ4n) is 1.94. The van der Waals surface area contributed by atoms with Crippen LogP contribution in [0.25, 0.3) is 0 Å². The molecule has 3 atom stereocenters. The third kappa shape index (κ3) is 1.30. The van der Waals surface area contributed by atoms with Crippen LogP contribution >= 0.6 is 0 Å². The molecule has 2 heteroatoms. The number of fused-ring (bicyclic) bond motifs is 1. The van der Waals surface area contributed by atoms with Crippen molar-refractivity contribution in [2.75, 3.05) is 13.2 Å². The summed E-state index contributed by atoms with van der Waals surface area (Å²) in [6, 6.07) is 1.53. The molecule has 1 saturated carbocycles. The first kappa shape index (κ1) is 7.56. The zero-order valence-electron chi connectivity index (χ0n) is 7.42. The molecule has 1 aliphatic heterocycles. The number of nitrogens with zero attached hydrogens (tertiary/aromatic N) is 1. The van der Waals surface area contributed by atoms with Gasteiger partial charge in [0.15, 0.2) is 0 Å². The molecule has 1 saturated heterocycles. The van der Waals surface area contributed by atoms with Gasteiger partial charge in [-0.05, 0) is 19.8 Å². The molecule has 3 unspecified atom stereocenters. The molecule has 2 aliphatic rings. The largest absolute Gasteiger partial charge is 0.375 e. The highest BCUT2D eigenvalue weighted by Crippen LogP contribution is 2.35. The summed E-state index contributed by atoms with van der Waals surface area (Å²) in [5.41, 5.74) is 0. The van der Waals surface area contributed by atoms with Crippen molar-refractivity contribution in [1.82, 2.24) is 4.90 Å². The van der Waals surface area contributed by atoms with Crippen LogP contribution in [0.1, 0.15) is 26.7 Å². The van der Waals surface area contributed by atoms with Crippen molar-refractivity contribution < 1.29 is 4.74 Å². The molecule has 0 amide bonds. The molecular weight excluding hydrogens is 138 g/mol. The quantitative estimate of drug-likeness (QED) is 0.595. The minimum absolute atomic E-state index is 0.595. The fraction of sp³-hybridized carbons (Fsp3) is 1.00. The number of rotatable bonds is 2. The van der Waals surface area contributed by atoms with Gasteiger partial charge in [-0.1, -0.05) is 6.92 Å². The second-order valence-electron chi connectivity index (χ2n) is 3.71. The van der Waals surface area contributed by atoms with Crippen molar-refractivity contribution in [2.45, 2.75) is 44.9 Å². The standard InChI is InChI=1S/C9H17NO/c1-3-7(2)10-4-5-11-9-6-8(9)10/h7-9H,3-6H2,1-2H3. The van der Waals surface area contributed by atoms with Crippen molar-refractivity contribution in [1.29, 1.82) is 0 Å². The highest BCUT2D eigenvalue weighted by molar-refractivity contribution is 5.00. The van der Waals surface area contributed by atoms with E-state index >= 15 is 0 Å². The Balaban J connectivity index is 1.92. The maximum absolute atomic E-state index is 5.54. The summed E-state index contributed by atoms with van der Waals surface area (Å²) in [4.78, 5) is 2.61. The number of hydrogen-bond acceptors (Lipinski definition) is 2. The van der Waals surface area contributed by atoms with Gasteiger partial charge in [0.25, 0.3) is 0 Å². The van der Waals surface area contributed by atoms with Crippen molar-refractivity contribution in [2.24, 2.45) is 0 Å². The lowest BCUT2D eigenvalue weighted by Gasteiger charge is -2.31. The van der Waals surface area contributed by atoms with E-state index < -0.39 is 0 Å². The summed E-state index contributed by atoms with van der Waals surface area (Å²) in [7, 11) is 0. The molecule has 0 radical (unpaired) electrons. The average molecular weight is 155 g/mol. The summed E-state index contributed by atoms with van der Waals surface area (Å²) in [6.07, 6.45) is 3.14. The topological polar surface area (TPSA) is 12.5 Å². The maximum atomic E-state index is 5.54. The Morgan fingerprint density at radius 2 is 2.45 bits per heavy atom. The lowest BCUT2D eigenvalue weighted by Crippen LogP contribution is -2.42. The summed E-state index contributed by atoms with van der Waals surface area (Å²) in [5, 5.41) is 0. The maximum Gasteiger partial charge on any atom is 0.0747 e. The molecule has 11 heavy (non-hydrogen) atoms. The van der Waals surface area contributed by atoms with Crippen LogP contribution in [0.3, 0.4) is 0 Å². The molecule has 2 fully saturated rings. The van der Waals surface area contributed by atoms with E-state index in [1.165, 1.54) is 12.8 Å². The van der Waals surface area contributed by atoms with E-state index in [-0.39, 0.29) is 0 Å². The molecule has 0 spiro atoms. The van der Waals surface area contributed by atoms with Gasteiger partial charge in [-0.25, -0.2) is 0 Å². The molecule has 1 aliphatic carbocycles. The van der Waals surface area contributed by atoms with Crippen molar-refractivity contribution >= 4 is 0 Å². The average Bonchev–Trinajstić information content (AvgIpc) is 2.80. The normalized spacial score (nSPS) is 39.8. The Morgan fingerprint density at radius 3 is 3.18 bits per heavy atom. The van der Waals surface area contributed by atoms with Gasteiger partial charge >= 0.3 is 0 Å². The van der Waals surface area contributed by atoms with Gasteiger partial charge in [0, 0.05) is 18.6 Å². The Hall–Kier alpha value is -0.0800. The summed E-state index contributed by atoms with van der Waals surface area (Å²) in [5.74, 6) is 0. The van der Waals surface area contributed by atoms with E-state index in [1.807, 2.05) is 0 Å². The smallest absolute Gasteiger partial charge is 0.0747 e. The van der Waals surface area contributed by atoms with Gasteiger partial charge in [0.1, 0.15) is 0 Å². The van der Waals surface area contributed by atoms with Crippen molar-refractivity contribution in [3.8, 4) is 0 Å². The first-order valence-corrected chi connectivity index (χ1v) is 4.70. The van der Waals surface area contributed by atoms with E-state index in [4.69, 9.17) is 4.74 Å². The van der Waals surface area contributed by atoms with Crippen LogP contribution in [0, 0.1) is 0 Å². The van der Waals surface area contributed by atoms with E-state index in [0.717, 1.165) is 25.2 Å². The SMILES string of the molecule is CCC(C)N1CCOC2CC21. The van der Waals surface area contributed by atoms with Gasteiger partial charge < -0.3 is 4.74 Å². The first-order chi connectivity index (χ1) is 5.33.